The molecule has 29 heavy (non-hydrogen) atoms. The number of nitrogens with two attached hydrogens (primary N) is 1. The third kappa shape index (κ3) is 9.74. The van der Waals surface area contributed by atoms with E-state index in [4.69, 9.17) is 30.9 Å². The summed E-state index contributed by atoms with van der Waals surface area (Å²) in [6.45, 7) is 5.18. The van der Waals surface area contributed by atoms with Crippen LogP contribution in [0.4, 0.5) is 8.78 Å². The van der Waals surface area contributed by atoms with Crippen LogP contribution in [0, 0.1) is 11.6 Å². The summed E-state index contributed by atoms with van der Waals surface area (Å²) < 4.78 is 31.6. The van der Waals surface area contributed by atoms with Crippen molar-refractivity contribution < 1.29 is 48.3 Å². The Morgan fingerprint density at radius 1 is 1.07 bits per heavy atom. The lowest BCUT2D eigenvalue weighted by Crippen LogP contribution is -2.39. The van der Waals surface area contributed by atoms with E-state index in [0.717, 1.165) is 12.1 Å². The van der Waals surface area contributed by atoms with Crippen molar-refractivity contribution in [1.82, 2.24) is 0 Å². The molecule has 0 saturated heterocycles. The lowest BCUT2D eigenvalue weighted by molar-refractivity contribution is -0.165. The molecule has 1 aromatic rings. The fourth-order valence-corrected chi connectivity index (χ4v) is 2.17. The number of rotatable bonds is 6. The molecular weight excluding hydrogens is 464 g/mol. The zero-order chi connectivity index (χ0) is 23.1. The summed E-state index contributed by atoms with van der Waals surface area (Å²) in [4.78, 5) is 31.2. The molecule has 0 saturated carbocycles. The molecule has 0 bridgehead atoms. The maximum Gasteiger partial charge on any atom is 0.335 e. The van der Waals surface area contributed by atoms with Gasteiger partial charge in [-0.2, -0.15) is 0 Å². The summed E-state index contributed by atoms with van der Waals surface area (Å²) in [7, 11) is 0. The SMILES string of the molecule is CC(C)(C)OC(=O)[C@@H](N)Cc1cc(F)c(F)cc1Br.O=C(O)C(O)C(O)C(=O)O. The lowest BCUT2D eigenvalue weighted by atomic mass is 10.1. The minimum atomic E-state index is -2.27. The number of aliphatic carboxylic acids is 2. The second kappa shape index (κ2) is 11.1. The summed E-state index contributed by atoms with van der Waals surface area (Å²) >= 11 is 3.11. The number of aliphatic hydroxyl groups excluding tert-OH is 2. The van der Waals surface area contributed by atoms with Crippen LogP contribution in [-0.2, 0) is 25.5 Å². The van der Waals surface area contributed by atoms with Gasteiger partial charge in [0.25, 0.3) is 0 Å². The van der Waals surface area contributed by atoms with Crippen molar-refractivity contribution in [1.29, 1.82) is 0 Å². The van der Waals surface area contributed by atoms with E-state index in [1.165, 1.54) is 0 Å². The number of ether oxygens (including phenoxy) is 1. The quantitative estimate of drug-likeness (QED) is 0.289. The van der Waals surface area contributed by atoms with Crippen LogP contribution in [0.25, 0.3) is 0 Å². The van der Waals surface area contributed by atoms with E-state index in [0.29, 0.717) is 10.0 Å². The highest BCUT2D eigenvalue weighted by Crippen LogP contribution is 2.22. The highest BCUT2D eigenvalue weighted by molar-refractivity contribution is 9.10. The van der Waals surface area contributed by atoms with Crippen LogP contribution in [0.5, 0.6) is 0 Å². The maximum absolute atomic E-state index is 13.1. The number of carboxylic acids is 2. The van der Waals surface area contributed by atoms with Gasteiger partial charge in [0.15, 0.2) is 23.8 Å². The zero-order valence-corrected chi connectivity index (χ0v) is 17.3. The zero-order valence-electron chi connectivity index (χ0n) is 15.7. The van der Waals surface area contributed by atoms with E-state index >= 15 is 0 Å². The number of hydrogen-bond donors (Lipinski definition) is 5. The fraction of sp³-hybridized carbons (Fsp3) is 0.471. The summed E-state index contributed by atoms with van der Waals surface area (Å²) in [5.74, 6) is -6.05. The number of benzene rings is 1. The molecular formula is C17H22BrF2NO8. The van der Waals surface area contributed by atoms with Gasteiger partial charge in [0, 0.05) is 4.47 Å². The molecule has 2 unspecified atom stereocenters. The molecule has 0 aromatic heterocycles. The van der Waals surface area contributed by atoms with Gasteiger partial charge in [-0.25, -0.2) is 18.4 Å². The van der Waals surface area contributed by atoms with E-state index in [2.05, 4.69) is 15.9 Å². The summed E-state index contributed by atoms with van der Waals surface area (Å²) in [6.07, 6.45) is -4.47. The van der Waals surface area contributed by atoms with Crippen LogP contribution in [0.15, 0.2) is 16.6 Å². The Hall–Kier alpha value is -2.15. The summed E-state index contributed by atoms with van der Waals surface area (Å²) in [5, 5.41) is 32.5. The van der Waals surface area contributed by atoms with Gasteiger partial charge < -0.3 is 30.9 Å². The molecule has 3 atom stereocenters. The summed E-state index contributed by atoms with van der Waals surface area (Å²) in [5.41, 5.74) is 5.48. The van der Waals surface area contributed by atoms with E-state index in [1.807, 2.05) is 0 Å². The maximum atomic E-state index is 13.1. The Kier molecular flexibility index (Phi) is 10.3. The van der Waals surface area contributed by atoms with E-state index in [-0.39, 0.29) is 6.42 Å². The molecule has 1 aromatic carbocycles. The van der Waals surface area contributed by atoms with Gasteiger partial charge >= 0.3 is 17.9 Å². The predicted molar refractivity (Wildman–Crippen MR) is 98.9 cm³/mol. The van der Waals surface area contributed by atoms with Crippen molar-refractivity contribution in [3.8, 4) is 0 Å². The van der Waals surface area contributed by atoms with Gasteiger partial charge in [-0.1, -0.05) is 15.9 Å². The van der Waals surface area contributed by atoms with Crippen LogP contribution in [0.2, 0.25) is 0 Å². The van der Waals surface area contributed by atoms with Gasteiger partial charge in [0.2, 0.25) is 0 Å². The largest absolute Gasteiger partial charge is 0.479 e. The second-order valence-corrected chi connectivity index (χ2v) is 7.62. The van der Waals surface area contributed by atoms with E-state index in [1.54, 1.807) is 20.8 Å². The molecule has 1 rings (SSSR count). The number of carbonyl (C=O) groups excluding carboxylic acids is 1. The fourth-order valence-electron chi connectivity index (χ4n) is 1.69. The van der Waals surface area contributed by atoms with Crippen LogP contribution in [0.3, 0.4) is 0 Å². The monoisotopic (exact) mass is 485 g/mol. The molecule has 0 heterocycles. The van der Waals surface area contributed by atoms with Gasteiger partial charge in [0.05, 0.1) is 0 Å². The third-order valence-electron chi connectivity index (χ3n) is 3.04. The van der Waals surface area contributed by atoms with Crippen molar-refractivity contribution in [3.63, 3.8) is 0 Å². The van der Waals surface area contributed by atoms with Gasteiger partial charge in [0.1, 0.15) is 11.6 Å². The van der Waals surface area contributed by atoms with Crippen molar-refractivity contribution in [2.24, 2.45) is 5.73 Å². The van der Waals surface area contributed by atoms with Crippen molar-refractivity contribution in [2.45, 2.75) is 51.0 Å². The average molecular weight is 486 g/mol. The van der Waals surface area contributed by atoms with Crippen LogP contribution in [-0.4, -0.2) is 62.2 Å². The highest BCUT2D eigenvalue weighted by atomic mass is 79.9. The van der Waals surface area contributed by atoms with Gasteiger partial charge in [-0.15, -0.1) is 0 Å². The molecule has 0 fully saturated rings. The Balaban J connectivity index is 0.000000665. The van der Waals surface area contributed by atoms with Gasteiger partial charge in [-0.3, -0.25) is 4.79 Å². The lowest BCUT2D eigenvalue weighted by Gasteiger charge is -2.22. The van der Waals surface area contributed by atoms with Crippen LogP contribution < -0.4 is 5.73 Å². The molecule has 164 valence electrons. The topological polar surface area (TPSA) is 167 Å². The smallest absolute Gasteiger partial charge is 0.335 e. The molecule has 9 nitrogen and oxygen atoms in total. The Labute approximate surface area is 173 Å². The normalized spacial score (nSPS) is 14.1. The Morgan fingerprint density at radius 2 is 1.48 bits per heavy atom. The molecule has 0 aliphatic heterocycles. The Morgan fingerprint density at radius 3 is 1.86 bits per heavy atom. The van der Waals surface area contributed by atoms with Gasteiger partial charge in [-0.05, 0) is 44.9 Å². The summed E-state index contributed by atoms with van der Waals surface area (Å²) in [6, 6.07) is 1.09. The molecule has 6 N–H and O–H groups in total. The number of esters is 1. The number of carboxylic acid groups (broad SMARTS) is 2. The first-order valence-corrected chi connectivity index (χ1v) is 8.79. The minimum absolute atomic E-state index is 0.0622. The standard InChI is InChI=1S/C13H16BrF2NO2.C4H6O6/c1-13(2,3)19-12(18)11(17)5-7-4-9(15)10(16)6-8(7)14;5-1(3(7)8)2(6)4(9)10/h4,6,11H,5,17H2,1-3H3;1-2,5-6H,(H,7,8)(H,9,10)/t11-;/m0./s1. The van der Waals surface area contributed by atoms with E-state index in [9.17, 15) is 23.2 Å². The second-order valence-electron chi connectivity index (χ2n) is 6.77. The number of aliphatic hydroxyl groups is 2. The number of hydrogen-bond acceptors (Lipinski definition) is 7. The molecule has 0 aliphatic carbocycles. The number of halogens is 3. The molecule has 12 heteroatoms. The third-order valence-corrected chi connectivity index (χ3v) is 3.78. The average Bonchev–Trinajstić information content (AvgIpc) is 2.57. The Bertz CT molecular complexity index is 736. The molecule has 0 radical (unpaired) electrons. The number of carbonyl (C=O) groups is 3. The first-order chi connectivity index (χ1) is 13.1. The molecule has 0 aliphatic rings. The van der Waals surface area contributed by atoms with Crippen molar-refractivity contribution in [2.75, 3.05) is 0 Å². The van der Waals surface area contributed by atoms with Crippen LogP contribution in [0.1, 0.15) is 26.3 Å². The first-order valence-electron chi connectivity index (χ1n) is 8.00. The molecule has 0 amide bonds. The van der Waals surface area contributed by atoms with E-state index < -0.39 is 53.4 Å². The minimum Gasteiger partial charge on any atom is -0.479 e. The van der Waals surface area contributed by atoms with Crippen molar-refractivity contribution >= 4 is 33.8 Å². The first kappa shape index (κ1) is 26.9. The van der Waals surface area contributed by atoms with Crippen LogP contribution >= 0.6 is 15.9 Å². The van der Waals surface area contributed by atoms with Crippen molar-refractivity contribution in [3.05, 3.63) is 33.8 Å². The molecule has 0 spiro atoms. The highest BCUT2D eigenvalue weighted by Gasteiger charge is 2.29. The predicted octanol–water partition coefficient (Wildman–Crippen LogP) is 0.816.